The number of carbonyl (C=O) groups is 1. The van der Waals surface area contributed by atoms with Crippen LogP contribution in [0.25, 0.3) is 11.8 Å². The van der Waals surface area contributed by atoms with Gasteiger partial charge in [-0.3, -0.25) is 4.79 Å². The van der Waals surface area contributed by atoms with E-state index in [1.807, 2.05) is 59.3 Å². The highest BCUT2D eigenvalue weighted by molar-refractivity contribution is 6.30. The van der Waals surface area contributed by atoms with E-state index in [2.05, 4.69) is 5.32 Å². The molecule has 0 radical (unpaired) electrons. The highest BCUT2D eigenvalue weighted by Gasteiger charge is 2.11. The van der Waals surface area contributed by atoms with Gasteiger partial charge in [-0.05, 0) is 54.6 Å². The number of nitriles is 1. The molecule has 0 bridgehead atoms. The molecule has 0 atom stereocenters. The Kier molecular flexibility index (Phi) is 4.98. The minimum atomic E-state index is -0.447. The van der Waals surface area contributed by atoms with Gasteiger partial charge in [-0.1, -0.05) is 29.8 Å². The minimum Gasteiger partial charge on any atom is -0.321 e. The fourth-order valence-corrected chi connectivity index (χ4v) is 2.49. The summed E-state index contributed by atoms with van der Waals surface area (Å²) in [5, 5.41) is 12.7. The van der Waals surface area contributed by atoms with Crippen LogP contribution < -0.4 is 5.32 Å². The Balaban J connectivity index is 1.88. The number of para-hydroxylation sites is 1. The molecule has 5 heteroatoms. The molecule has 1 aromatic heterocycles. The topological polar surface area (TPSA) is 57.8 Å². The fraction of sp³-hybridized carbons (Fsp3) is 0. The van der Waals surface area contributed by atoms with Crippen molar-refractivity contribution >= 4 is 29.3 Å². The maximum atomic E-state index is 12.3. The molecule has 4 nitrogen and oxygen atoms in total. The van der Waals surface area contributed by atoms with Crippen LogP contribution in [0.3, 0.4) is 0 Å². The summed E-state index contributed by atoms with van der Waals surface area (Å²) in [5.74, 6) is -0.447. The van der Waals surface area contributed by atoms with E-state index >= 15 is 0 Å². The van der Waals surface area contributed by atoms with Gasteiger partial charge in [0, 0.05) is 28.3 Å². The average molecular weight is 348 g/mol. The maximum Gasteiger partial charge on any atom is 0.266 e. The first kappa shape index (κ1) is 16.6. The summed E-state index contributed by atoms with van der Waals surface area (Å²) < 4.78 is 1.88. The second-order valence-corrected chi connectivity index (χ2v) is 5.71. The molecule has 1 N–H and O–H groups in total. The normalized spacial score (nSPS) is 11.0. The van der Waals surface area contributed by atoms with Crippen LogP contribution in [-0.2, 0) is 4.79 Å². The van der Waals surface area contributed by atoms with Crippen molar-refractivity contribution < 1.29 is 4.79 Å². The molecule has 0 unspecified atom stereocenters. The van der Waals surface area contributed by atoms with Gasteiger partial charge in [0.25, 0.3) is 5.91 Å². The third-order valence-electron chi connectivity index (χ3n) is 3.57. The van der Waals surface area contributed by atoms with Gasteiger partial charge in [0.1, 0.15) is 11.6 Å². The van der Waals surface area contributed by atoms with Crippen molar-refractivity contribution in [2.45, 2.75) is 0 Å². The van der Waals surface area contributed by atoms with E-state index < -0.39 is 5.91 Å². The molecule has 25 heavy (non-hydrogen) atoms. The van der Waals surface area contributed by atoms with Gasteiger partial charge in [-0.25, -0.2) is 0 Å². The molecule has 122 valence electrons. The SMILES string of the molecule is N#C/C(=C/c1cccn1-c1ccc(Cl)cc1)C(=O)Nc1ccccc1. The van der Waals surface area contributed by atoms with E-state index in [0.29, 0.717) is 10.7 Å². The predicted octanol–water partition coefficient (Wildman–Crippen LogP) is 4.68. The third-order valence-corrected chi connectivity index (χ3v) is 3.83. The summed E-state index contributed by atoms with van der Waals surface area (Å²) in [7, 11) is 0. The van der Waals surface area contributed by atoms with Crippen LogP contribution in [-0.4, -0.2) is 10.5 Å². The predicted molar refractivity (Wildman–Crippen MR) is 99.4 cm³/mol. The monoisotopic (exact) mass is 347 g/mol. The quantitative estimate of drug-likeness (QED) is 0.550. The molecule has 0 saturated carbocycles. The van der Waals surface area contributed by atoms with Gasteiger partial charge in [0.15, 0.2) is 0 Å². The van der Waals surface area contributed by atoms with E-state index in [0.717, 1.165) is 11.4 Å². The zero-order valence-corrected chi connectivity index (χ0v) is 13.9. The number of hydrogen-bond donors (Lipinski definition) is 1. The molecule has 2 aromatic carbocycles. The summed E-state index contributed by atoms with van der Waals surface area (Å²) in [6, 6.07) is 22.0. The van der Waals surface area contributed by atoms with E-state index in [9.17, 15) is 10.1 Å². The number of nitrogens with one attached hydrogen (secondary N) is 1. The Morgan fingerprint density at radius 2 is 1.76 bits per heavy atom. The average Bonchev–Trinajstić information content (AvgIpc) is 3.09. The Morgan fingerprint density at radius 1 is 1.04 bits per heavy atom. The summed E-state index contributed by atoms with van der Waals surface area (Å²) in [6.45, 7) is 0. The lowest BCUT2D eigenvalue weighted by Gasteiger charge is -2.08. The van der Waals surface area contributed by atoms with Crippen molar-refractivity contribution in [2.75, 3.05) is 5.32 Å². The fourth-order valence-electron chi connectivity index (χ4n) is 2.36. The standard InChI is InChI=1S/C20H14ClN3O/c21-16-8-10-18(11-9-16)24-12-4-7-19(24)13-15(14-22)20(25)23-17-5-2-1-3-6-17/h1-13H,(H,23,25)/b15-13-. The first-order chi connectivity index (χ1) is 12.2. The number of benzene rings is 2. The lowest BCUT2D eigenvalue weighted by Crippen LogP contribution is -2.13. The van der Waals surface area contributed by atoms with E-state index in [1.54, 1.807) is 30.3 Å². The molecule has 0 aliphatic rings. The van der Waals surface area contributed by atoms with Gasteiger partial charge >= 0.3 is 0 Å². The van der Waals surface area contributed by atoms with Crippen LogP contribution >= 0.6 is 11.6 Å². The summed E-state index contributed by atoms with van der Waals surface area (Å²) in [5.41, 5.74) is 2.28. The van der Waals surface area contributed by atoms with Crippen LogP contribution in [0.15, 0.2) is 78.5 Å². The lowest BCUT2D eigenvalue weighted by atomic mass is 10.2. The smallest absolute Gasteiger partial charge is 0.266 e. The van der Waals surface area contributed by atoms with Crippen molar-refractivity contribution in [1.82, 2.24) is 4.57 Å². The number of halogens is 1. The van der Waals surface area contributed by atoms with Crippen molar-refractivity contribution in [2.24, 2.45) is 0 Å². The maximum absolute atomic E-state index is 12.3. The molecule has 1 heterocycles. The zero-order valence-electron chi connectivity index (χ0n) is 13.2. The number of carbonyl (C=O) groups excluding carboxylic acids is 1. The molecule has 0 aliphatic heterocycles. The van der Waals surface area contributed by atoms with Crippen molar-refractivity contribution in [3.63, 3.8) is 0 Å². The third kappa shape index (κ3) is 3.97. The Morgan fingerprint density at radius 3 is 2.44 bits per heavy atom. The van der Waals surface area contributed by atoms with Gasteiger partial charge in [0.05, 0.1) is 0 Å². The molecule has 0 spiro atoms. The number of amides is 1. The van der Waals surface area contributed by atoms with E-state index in [-0.39, 0.29) is 5.57 Å². The molecule has 0 saturated heterocycles. The largest absolute Gasteiger partial charge is 0.321 e. The molecule has 3 aromatic rings. The second-order valence-electron chi connectivity index (χ2n) is 5.27. The van der Waals surface area contributed by atoms with E-state index in [4.69, 9.17) is 11.6 Å². The van der Waals surface area contributed by atoms with Gasteiger partial charge < -0.3 is 9.88 Å². The van der Waals surface area contributed by atoms with Crippen molar-refractivity contribution in [3.05, 3.63) is 89.2 Å². The zero-order chi connectivity index (χ0) is 17.6. The van der Waals surface area contributed by atoms with Gasteiger partial charge in [-0.2, -0.15) is 5.26 Å². The van der Waals surface area contributed by atoms with Crippen molar-refractivity contribution in [3.8, 4) is 11.8 Å². The summed E-state index contributed by atoms with van der Waals surface area (Å²) >= 11 is 5.92. The Labute approximate surface area is 150 Å². The summed E-state index contributed by atoms with van der Waals surface area (Å²) in [6.07, 6.45) is 3.42. The van der Waals surface area contributed by atoms with Crippen LogP contribution in [0.4, 0.5) is 5.69 Å². The van der Waals surface area contributed by atoms with Crippen molar-refractivity contribution in [1.29, 1.82) is 5.26 Å². The second kappa shape index (κ2) is 7.52. The Bertz CT molecular complexity index is 951. The molecule has 3 rings (SSSR count). The first-order valence-electron chi connectivity index (χ1n) is 7.59. The lowest BCUT2D eigenvalue weighted by molar-refractivity contribution is -0.112. The molecular formula is C20H14ClN3O. The molecule has 0 aliphatic carbocycles. The molecule has 0 fully saturated rings. The van der Waals surface area contributed by atoms with Crippen LogP contribution in [0.5, 0.6) is 0 Å². The molecular weight excluding hydrogens is 334 g/mol. The van der Waals surface area contributed by atoms with Crippen LogP contribution in [0.1, 0.15) is 5.69 Å². The van der Waals surface area contributed by atoms with E-state index in [1.165, 1.54) is 0 Å². The van der Waals surface area contributed by atoms with Gasteiger partial charge in [0.2, 0.25) is 0 Å². The van der Waals surface area contributed by atoms with Crippen LogP contribution in [0, 0.1) is 11.3 Å². The highest BCUT2D eigenvalue weighted by Crippen LogP contribution is 2.18. The Hall–Kier alpha value is -3.29. The number of hydrogen-bond acceptors (Lipinski definition) is 2. The summed E-state index contributed by atoms with van der Waals surface area (Å²) in [4.78, 5) is 12.3. The van der Waals surface area contributed by atoms with Crippen LogP contribution in [0.2, 0.25) is 5.02 Å². The van der Waals surface area contributed by atoms with Gasteiger partial charge in [-0.15, -0.1) is 0 Å². The first-order valence-corrected chi connectivity index (χ1v) is 7.96. The number of rotatable bonds is 4. The number of anilines is 1. The number of aromatic nitrogens is 1. The minimum absolute atomic E-state index is 0.0257. The molecule has 1 amide bonds. The highest BCUT2D eigenvalue weighted by atomic mass is 35.5. The number of nitrogens with zero attached hydrogens (tertiary/aromatic N) is 2.